The van der Waals surface area contributed by atoms with Crippen molar-refractivity contribution in [3.63, 3.8) is 0 Å². The van der Waals surface area contributed by atoms with Gasteiger partial charge in [0.2, 0.25) is 0 Å². The van der Waals surface area contributed by atoms with Crippen LogP contribution in [0.15, 0.2) is 24.3 Å². The number of carbonyl (C=O) groups is 2. The van der Waals surface area contributed by atoms with Gasteiger partial charge in [-0.1, -0.05) is 18.2 Å². The molecule has 0 unspecified atom stereocenters. The van der Waals surface area contributed by atoms with Gasteiger partial charge in [-0.2, -0.15) is 0 Å². The Balaban J connectivity index is 2.83. The largest absolute Gasteiger partial charge is 0.465 e. The van der Waals surface area contributed by atoms with E-state index in [1.54, 1.807) is 38.1 Å². The topological polar surface area (TPSA) is 52.6 Å². The van der Waals surface area contributed by atoms with Gasteiger partial charge in [-0.05, 0) is 25.5 Å². The molecule has 0 aliphatic rings. The van der Waals surface area contributed by atoms with Crippen LogP contribution in [0.4, 0.5) is 0 Å². The zero-order chi connectivity index (χ0) is 12.8. The zero-order valence-electron chi connectivity index (χ0n) is 10.2. The fourth-order valence-electron chi connectivity index (χ4n) is 1.44. The first-order chi connectivity index (χ1) is 8.04. The van der Waals surface area contributed by atoms with E-state index in [-0.39, 0.29) is 18.5 Å². The molecule has 0 amide bonds. The predicted molar refractivity (Wildman–Crippen MR) is 62.7 cm³/mol. The lowest BCUT2D eigenvalue weighted by molar-refractivity contribution is -0.146. The molecule has 1 rings (SSSR count). The van der Waals surface area contributed by atoms with Gasteiger partial charge in [-0.15, -0.1) is 0 Å². The van der Waals surface area contributed by atoms with E-state index in [9.17, 15) is 9.59 Å². The Morgan fingerprint density at radius 2 is 1.88 bits per heavy atom. The smallest absolute Gasteiger partial charge is 0.338 e. The first-order valence-corrected chi connectivity index (χ1v) is 5.40. The SMILES string of the molecule is COC(=O)c1ccccc1CC(=O)OC(C)C. The van der Waals surface area contributed by atoms with Crippen LogP contribution in [0.1, 0.15) is 29.8 Å². The molecule has 1 aromatic rings. The Morgan fingerprint density at radius 1 is 1.24 bits per heavy atom. The van der Waals surface area contributed by atoms with Crippen LogP contribution in [0.2, 0.25) is 0 Å². The van der Waals surface area contributed by atoms with E-state index >= 15 is 0 Å². The Kier molecular flexibility index (Phi) is 4.69. The second-order valence-corrected chi connectivity index (χ2v) is 3.86. The van der Waals surface area contributed by atoms with Crippen molar-refractivity contribution in [1.82, 2.24) is 0 Å². The van der Waals surface area contributed by atoms with Crippen molar-refractivity contribution in [2.75, 3.05) is 7.11 Å². The third-order valence-electron chi connectivity index (χ3n) is 2.12. The molecule has 4 heteroatoms. The Labute approximate surface area is 101 Å². The first-order valence-electron chi connectivity index (χ1n) is 5.40. The Bertz CT molecular complexity index is 410. The molecule has 0 saturated heterocycles. The van der Waals surface area contributed by atoms with Gasteiger partial charge < -0.3 is 9.47 Å². The van der Waals surface area contributed by atoms with Crippen LogP contribution in [-0.2, 0) is 20.7 Å². The standard InChI is InChI=1S/C13H16O4/c1-9(2)17-12(14)8-10-6-4-5-7-11(10)13(15)16-3/h4-7,9H,8H2,1-3H3. The Morgan fingerprint density at radius 3 is 2.47 bits per heavy atom. The third-order valence-corrected chi connectivity index (χ3v) is 2.12. The van der Waals surface area contributed by atoms with E-state index in [1.807, 2.05) is 0 Å². The summed E-state index contributed by atoms with van der Waals surface area (Å²) in [5.41, 5.74) is 1.01. The molecule has 0 N–H and O–H groups in total. The van der Waals surface area contributed by atoms with Crippen molar-refractivity contribution in [3.05, 3.63) is 35.4 Å². The minimum atomic E-state index is -0.446. The van der Waals surface area contributed by atoms with Gasteiger partial charge >= 0.3 is 11.9 Å². The van der Waals surface area contributed by atoms with Crippen LogP contribution in [0, 0.1) is 0 Å². The zero-order valence-corrected chi connectivity index (χ0v) is 10.2. The second-order valence-electron chi connectivity index (χ2n) is 3.86. The molecule has 0 radical (unpaired) electrons. The molecule has 4 nitrogen and oxygen atoms in total. The highest BCUT2D eigenvalue weighted by molar-refractivity contribution is 5.92. The summed E-state index contributed by atoms with van der Waals surface area (Å²) in [4.78, 5) is 23.0. The minimum absolute atomic E-state index is 0.0729. The van der Waals surface area contributed by atoms with Gasteiger partial charge in [0, 0.05) is 0 Å². The molecule has 0 heterocycles. The lowest BCUT2D eigenvalue weighted by Crippen LogP contribution is -2.16. The maximum absolute atomic E-state index is 11.5. The van der Waals surface area contributed by atoms with E-state index in [4.69, 9.17) is 4.74 Å². The Hall–Kier alpha value is -1.84. The molecule has 1 aromatic carbocycles. The van der Waals surface area contributed by atoms with Crippen molar-refractivity contribution in [3.8, 4) is 0 Å². The van der Waals surface area contributed by atoms with Crippen LogP contribution in [0.5, 0.6) is 0 Å². The molecule has 0 saturated carbocycles. The van der Waals surface area contributed by atoms with Crippen molar-refractivity contribution in [2.24, 2.45) is 0 Å². The van der Waals surface area contributed by atoms with Crippen molar-refractivity contribution >= 4 is 11.9 Å². The summed E-state index contributed by atoms with van der Waals surface area (Å²) in [6, 6.07) is 6.84. The van der Waals surface area contributed by atoms with Gasteiger partial charge in [0.25, 0.3) is 0 Å². The van der Waals surface area contributed by atoms with E-state index < -0.39 is 5.97 Å². The van der Waals surface area contributed by atoms with Crippen LogP contribution < -0.4 is 0 Å². The van der Waals surface area contributed by atoms with Crippen LogP contribution >= 0.6 is 0 Å². The number of ether oxygens (including phenoxy) is 2. The summed E-state index contributed by atoms with van der Waals surface area (Å²) >= 11 is 0. The molecule has 0 fully saturated rings. The van der Waals surface area contributed by atoms with Crippen molar-refractivity contribution < 1.29 is 19.1 Å². The molecular formula is C13H16O4. The fraction of sp³-hybridized carbons (Fsp3) is 0.385. The number of benzene rings is 1. The number of rotatable bonds is 4. The van der Waals surface area contributed by atoms with Crippen LogP contribution in [0.25, 0.3) is 0 Å². The number of esters is 2. The minimum Gasteiger partial charge on any atom is -0.465 e. The summed E-state index contributed by atoms with van der Waals surface area (Å²) in [6.07, 6.45) is -0.0866. The molecule has 17 heavy (non-hydrogen) atoms. The summed E-state index contributed by atoms with van der Waals surface area (Å²) in [5.74, 6) is -0.797. The predicted octanol–water partition coefficient (Wildman–Crippen LogP) is 1.97. The van der Waals surface area contributed by atoms with Gasteiger partial charge in [0.1, 0.15) is 0 Å². The number of hydrogen-bond donors (Lipinski definition) is 0. The number of methoxy groups -OCH3 is 1. The number of hydrogen-bond acceptors (Lipinski definition) is 4. The highest BCUT2D eigenvalue weighted by atomic mass is 16.5. The average molecular weight is 236 g/mol. The molecule has 0 bridgehead atoms. The summed E-state index contributed by atoms with van der Waals surface area (Å²) < 4.78 is 9.68. The monoisotopic (exact) mass is 236 g/mol. The van der Waals surface area contributed by atoms with E-state index in [1.165, 1.54) is 7.11 Å². The molecule has 0 aliphatic carbocycles. The lowest BCUT2D eigenvalue weighted by atomic mass is 10.0. The van der Waals surface area contributed by atoms with Gasteiger partial charge in [0.15, 0.2) is 0 Å². The third kappa shape index (κ3) is 3.90. The van der Waals surface area contributed by atoms with Crippen molar-refractivity contribution in [2.45, 2.75) is 26.4 Å². The van der Waals surface area contributed by atoms with Crippen LogP contribution in [0.3, 0.4) is 0 Å². The molecule has 92 valence electrons. The van der Waals surface area contributed by atoms with Gasteiger partial charge in [0.05, 0.1) is 25.2 Å². The van der Waals surface area contributed by atoms with Gasteiger partial charge in [-0.25, -0.2) is 4.79 Å². The summed E-state index contributed by atoms with van der Waals surface area (Å²) in [6.45, 7) is 3.56. The maximum atomic E-state index is 11.5. The summed E-state index contributed by atoms with van der Waals surface area (Å²) in [5, 5.41) is 0. The molecule has 0 spiro atoms. The van der Waals surface area contributed by atoms with E-state index in [0.29, 0.717) is 11.1 Å². The summed E-state index contributed by atoms with van der Waals surface area (Å²) in [7, 11) is 1.31. The average Bonchev–Trinajstić information content (AvgIpc) is 2.27. The van der Waals surface area contributed by atoms with E-state index in [0.717, 1.165) is 0 Å². The molecule has 0 aliphatic heterocycles. The lowest BCUT2D eigenvalue weighted by Gasteiger charge is -2.10. The van der Waals surface area contributed by atoms with Crippen LogP contribution in [-0.4, -0.2) is 25.2 Å². The molecule has 0 atom stereocenters. The highest BCUT2D eigenvalue weighted by Gasteiger charge is 2.15. The van der Waals surface area contributed by atoms with Gasteiger partial charge in [-0.3, -0.25) is 4.79 Å². The number of carbonyl (C=O) groups excluding carboxylic acids is 2. The van der Waals surface area contributed by atoms with Crippen molar-refractivity contribution in [1.29, 1.82) is 0 Å². The highest BCUT2D eigenvalue weighted by Crippen LogP contribution is 2.11. The molecule has 0 aromatic heterocycles. The quantitative estimate of drug-likeness (QED) is 0.750. The van der Waals surface area contributed by atoms with E-state index in [2.05, 4.69) is 4.74 Å². The first kappa shape index (κ1) is 13.2. The molecular weight excluding hydrogens is 220 g/mol. The maximum Gasteiger partial charge on any atom is 0.338 e. The fourth-order valence-corrected chi connectivity index (χ4v) is 1.44. The second kappa shape index (κ2) is 6.03. The normalized spacial score (nSPS) is 10.1.